The van der Waals surface area contributed by atoms with Gasteiger partial charge in [-0.3, -0.25) is 0 Å². The van der Waals surface area contributed by atoms with Gasteiger partial charge in [0.2, 0.25) is 8.32 Å². The summed E-state index contributed by atoms with van der Waals surface area (Å²) in [6, 6.07) is 0. The second-order valence-corrected chi connectivity index (χ2v) is 11.5. The van der Waals surface area contributed by atoms with Crippen molar-refractivity contribution >= 4 is 8.32 Å². The molecule has 1 atom stereocenters. The van der Waals surface area contributed by atoms with Crippen LogP contribution in [0, 0.1) is 5.92 Å². The first-order chi connectivity index (χ1) is 9.08. The zero-order valence-corrected chi connectivity index (χ0v) is 15.7. The van der Waals surface area contributed by atoms with Crippen LogP contribution < -0.4 is 24.0 Å². The molecule has 0 aliphatic heterocycles. The Kier molecular flexibility index (Phi) is 7.42. The fourth-order valence-electron chi connectivity index (χ4n) is 1.65. The number of allylic oxidation sites excluding steroid dienone is 4. The summed E-state index contributed by atoms with van der Waals surface area (Å²) in [5.41, 5.74) is 0.669. The summed E-state index contributed by atoms with van der Waals surface area (Å²) in [4.78, 5) is 0. The van der Waals surface area contributed by atoms with Gasteiger partial charge < -0.3 is 14.3 Å². The summed E-state index contributed by atoms with van der Waals surface area (Å²) < 4.78 is 11.3. The smallest absolute Gasteiger partial charge is 0.613 e. The van der Waals surface area contributed by atoms with E-state index >= 15 is 0 Å². The fraction of sp³-hybridized carbons (Fsp3) is 0.625. The van der Waals surface area contributed by atoms with Crippen molar-refractivity contribution in [1.29, 1.82) is 0 Å². The molecule has 0 saturated heterocycles. The summed E-state index contributed by atoms with van der Waals surface area (Å²) in [7, 11) is -1.88. The summed E-state index contributed by atoms with van der Waals surface area (Å²) in [6.07, 6.45) is 5.80. The van der Waals surface area contributed by atoms with Crippen LogP contribution in [0.25, 0.3) is 0 Å². The molecule has 3 nitrogen and oxygen atoms in total. The van der Waals surface area contributed by atoms with Gasteiger partial charge in [0.1, 0.15) is 5.76 Å². The molecule has 0 aromatic rings. The molecule has 0 aromatic carbocycles. The number of rotatable bonds is 4. The van der Waals surface area contributed by atoms with E-state index in [1.165, 1.54) is 0 Å². The second kappa shape index (κ2) is 7.62. The van der Waals surface area contributed by atoms with Gasteiger partial charge in [-0.1, -0.05) is 40.7 Å². The maximum atomic E-state index is 11.9. The normalized spacial score (nSPS) is 21.3. The minimum Gasteiger partial charge on any atom is -0.613 e. The van der Waals surface area contributed by atoms with E-state index in [0.717, 1.165) is 5.76 Å². The number of ether oxygens (including phenoxy) is 1. The Hall–Kier alpha value is -0.566. The molecule has 0 fully saturated rings. The monoisotopic (exact) mass is 302 g/mol. The maximum absolute atomic E-state index is 11.9. The van der Waals surface area contributed by atoms with Gasteiger partial charge in [0.15, 0.2) is 0 Å². The van der Waals surface area contributed by atoms with E-state index < -0.39 is 8.32 Å². The third-order valence-electron chi connectivity index (χ3n) is 4.03. The van der Waals surface area contributed by atoms with Crippen LogP contribution in [0.1, 0.15) is 34.6 Å². The van der Waals surface area contributed by atoms with Crippen LogP contribution in [0.4, 0.5) is 0 Å². The minimum absolute atomic E-state index is 0. The molecular weight excluding hydrogens is 275 g/mol. The number of hydrogen-bond acceptors (Lipinski definition) is 3. The molecule has 0 unspecified atom stereocenters. The van der Waals surface area contributed by atoms with Crippen molar-refractivity contribution in [3.05, 3.63) is 35.5 Å². The third kappa shape index (κ3) is 5.28. The van der Waals surface area contributed by atoms with Gasteiger partial charge >= 0.3 is 18.9 Å². The summed E-state index contributed by atoms with van der Waals surface area (Å²) in [6.45, 7) is 15.2. The van der Waals surface area contributed by atoms with Crippen LogP contribution in [-0.2, 0) is 9.16 Å². The van der Waals surface area contributed by atoms with Crippen molar-refractivity contribution < 1.29 is 33.1 Å². The molecule has 0 amide bonds. The van der Waals surface area contributed by atoms with Gasteiger partial charge in [-0.25, -0.2) is 0 Å². The largest absolute Gasteiger partial charge is 1.00 e. The third-order valence-corrected chi connectivity index (χ3v) is 8.39. The van der Waals surface area contributed by atoms with Gasteiger partial charge in [0, 0.05) is 5.92 Å². The van der Waals surface area contributed by atoms with Crippen LogP contribution in [0.5, 0.6) is 0 Å². The Bertz CT molecular complexity index is 445. The quantitative estimate of drug-likeness (QED) is 0.567. The van der Waals surface area contributed by atoms with E-state index in [-0.39, 0.29) is 35.8 Å². The predicted octanol–water partition coefficient (Wildman–Crippen LogP) is 0.710. The maximum Gasteiger partial charge on any atom is 1.00 e. The van der Waals surface area contributed by atoms with E-state index in [0.29, 0.717) is 12.2 Å². The van der Waals surface area contributed by atoms with Crippen molar-refractivity contribution in [2.75, 3.05) is 6.61 Å². The van der Waals surface area contributed by atoms with Gasteiger partial charge in [-0.2, -0.15) is 0 Å². The van der Waals surface area contributed by atoms with Crippen LogP contribution in [0.2, 0.25) is 18.1 Å². The Morgan fingerprint density at radius 3 is 2.38 bits per heavy atom. The Morgan fingerprint density at radius 2 is 1.90 bits per heavy atom. The standard InChI is InChI=1S/C16H28O3Si.Li/c1-8-18-15(17)14-11-13(10-9-12(14)2)19-20(6,7)16(3,4)5;/h9-12,17H,8H2,1-7H3;/q;+1/p-1/b15-14+;/t12-;/m0./s1. The average molecular weight is 302 g/mol. The summed E-state index contributed by atoms with van der Waals surface area (Å²) in [5, 5.41) is 12.1. The average Bonchev–Trinajstić information content (AvgIpc) is 2.30. The van der Waals surface area contributed by atoms with Gasteiger partial charge in [0.05, 0.1) is 5.95 Å². The van der Waals surface area contributed by atoms with Crippen LogP contribution in [0.3, 0.4) is 0 Å². The molecular formula is C16H27LiO3Si. The molecule has 5 heteroatoms. The van der Waals surface area contributed by atoms with Crippen LogP contribution in [0.15, 0.2) is 35.5 Å². The van der Waals surface area contributed by atoms with Crippen molar-refractivity contribution in [3.63, 3.8) is 0 Å². The van der Waals surface area contributed by atoms with Crippen molar-refractivity contribution in [2.45, 2.75) is 52.8 Å². The molecule has 0 spiro atoms. The Morgan fingerprint density at radius 1 is 1.33 bits per heavy atom. The zero-order chi connectivity index (χ0) is 15.6. The molecule has 114 valence electrons. The topological polar surface area (TPSA) is 41.5 Å². The van der Waals surface area contributed by atoms with E-state index in [9.17, 15) is 5.11 Å². The first kappa shape index (κ1) is 20.4. The molecule has 0 saturated carbocycles. The van der Waals surface area contributed by atoms with Crippen molar-refractivity contribution in [2.24, 2.45) is 5.92 Å². The molecule has 0 bridgehead atoms. The molecule has 1 aliphatic carbocycles. The number of hydrogen-bond donors (Lipinski definition) is 0. The first-order valence-electron chi connectivity index (χ1n) is 7.21. The van der Waals surface area contributed by atoms with E-state index in [1.54, 1.807) is 0 Å². The van der Waals surface area contributed by atoms with Gasteiger partial charge in [-0.05, 0) is 42.5 Å². The van der Waals surface area contributed by atoms with Crippen LogP contribution >= 0.6 is 0 Å². The summed E-state index contributed by atoms with van der Waals surface area (Å²) in [5.74, 6) is 0.597. The zero-order valence-electron chi connectivity index (χ0n) is 14.7. The molecule has 0 aromatic heterocycles. The van der Waals surface area contributed by atoms with E-state index in [2.05, 4.69) is 33.9 Å². The molecule has 1 rings (SSSR count). The predicted molar refractivity (Wildman–Crippen MR) is 83.3 cm³/mol. The van der Waals surface area contributed by atoms with Crippen molar-refractivity contribution in [3.8, 4) is 0 Å². The Balaban J connectivity index is 0.00000400. The van der Waals surface area contributed by atoms with Gasteiger partial charge in [0.25, 0.3) is 0 Å². The van der Waals surface area contributed by atoms with E-state index in [4.69, 9.17) is 9.16 Å². The molecule has 1 aliphatic rings. The Labute approximate surface area is 142 Å². The fourth-order valence-corrected chi connectivity index (χ4v) is 2.67. The summed E-state index contributed by atoms with van der Waals surface area (Å²) >= 11 is 0. The molecule has 0 radical (unpaired) electrons. The van der Waals surface area contributed by atoms with Crippen molar-refractivity contribution in [1.82, 2.24) is 0 Å². The molecule has 0 heterocycles. The SMILES string of the molecule is CCO/C([O-])=C1\C=C(O[Si](C)(C)C(C)(C)C)C=C[C@@H]1C.[Li+]. The molecule has 0 N–H and O–H groups in total. The van der Waals surface area contributed by atoms with E-state index in [1.807, 2.05) is 32.1 Å². The second-order valence-electron chi connectivity index (χ2n) is 6.73. The van der Waals surface area contributed by atoms with Gasteiger partial charge in [-0.15, -0.1) is 0 Å². The first-order valence-corrected chi connectivity index (χ1v) is 10.1. The van der Waals surface area contributed by atoms with Crippen LogP contribution in [-0.4, -0.2) is 14.9 Å². The minimum atomic E-state index is -1.88. The molecule has 21 heavy (non-hydrogen) atoms.